The number of aliphatic hydroxyl groups is 1. The predicted octanol–water partition coefficient (Wildman–Crippen LogP) is 2.77. The second-order valence-corrected chi connectivity index (χ2v) is 6.92. The average Bonchev–Trinajstić information content (AvgIpc) is 3.00. The molecule has 1 amide bonds. The van der Waals surface area contributed by atoms with Crippen LogP contribution in [0.4, 0.5) is 0 Å². The summed E-state index contributed by atoms with van der Waals surface area (Å²) in [5.41, 5.74) is 4.29. The van der Waals surface area contributed by atoms with Crippen LogP contribution in [0.2, 0.25) is 0 Å². The molecule has 24 heavy (non-hydrogen) atoms. The fourth-order valence-electron chi connectivity index (χ4n) is 3.31. The molecule has 0 saturated heterocycles. The number of amides is 1. The summed E-state index contributed by atoms with van der Waals surface area (Å²) < 4.78 is 1.58. The van der Waals surface area contributed by atoms with Crippen LogP contribution in [0.25, 0.3) is 0 Å². The zero-order chi connectivity index (χ0) is 17.3. The first-order valence-electron chi connectivity index (χ1n) is 8.55. The van der Waals surface area contributed by atoms with E-state index in [9.17, 15) is 9.90 Å². The van der Waals surface area contributed by atoms with Gasteiger partial charge in [0.2, 0.25) is 0 Å². The molecule has 1 aromatic heterocycles. The van der Waals surface area contributed by atoms with Crippen molar-refractivity contribution in [3.8, 4) is 0 Å². The Bertz CT molecular complexity index is 736. The van der Waals surface area contributed by atoms with Crippen molar-refractivity contribution in [2.24, 2.45) is 7.05 Å². The summed E-state index contributed by atoms with van der Waals surface area (Å²) in [4.78, 5) is 12.5. The van der Waals surface area contributed by atoms with E-state index in [1.165, 1.54) is 22.9 Å². The number of carbonyl (C=O) groups excluding carboxylic acids is 1. The van der Waals surface area contributed by atoms with Gasteiger partial charge in [0.05, 0.1) is 12.2 Å². The summed E-state index contributed by atoms with van der Waals surface area (Å²) in [5.74, 6) is 0.0883. The lowest BCUT2D eigenvalue weighted by molar-refractivity contribution is -0.130. The monoisotopic (exact) mass is 327 g/mol. The van der Waals surface area contributed by atoms with Gasteiger partial charge in [-0.2, -0.15) is 5.10 Å². The van der Waals surface area contributed by atoms with Crippen molar-refractivity contribution in [2.45, 2.75) is 51.2 Å². The van der Waals surface area contributed by atoms with Crippen LogP contribution in [0.15, 0.2) is 30.6 Å². The van der Waals surface area contributed by atoms with Crippen LogP contribution < -0.4 is 5.32 Å². The van der Waals surface area contributed by atoms with E-state index >= 15 is 0 Å². The number of hydrogen-bond acceptors (Lipinski definition) is 3. The number of aromatic nitrogens is 2. The Morgan fingerprint density at radius 1 is 1.38 bits per heavy atom. The first kappa shape index (κ1) is 16.7. The SMILES string of the molecule is CC(C)c1ccc2c(c1)[C@H](NC(=O)[C@H](O)c1cnn(C)c1)CCC2. The van der Waals surface area contributed by atoms with E-state index in [-0.39, 0.29) is 11.9 Å². The number of nitrogens with zero attached hydrogens (tertiary/aromatic N) is 2. The summed E-state index contributed by atoms with van der Waals surface area (Å²) >= 11 is 0. The maximum atomic E-state index is 12.5. The lowest BCUT2D eigenvalue weighted by Gasteiger charge is -2.28. The number of nitrogens with one attached hydrogen (secondary N) is 1. The zero-order valence-electron chi connectivity index (χ0n) is 14.5. The van der Waals surface area contributed by atoms with Crippen molar-refractivity contribution >= 4 is 5.91 Å². The summed E-state index contributed by atoms with van der Waals surface area (Å²) in [6.07, 6.45) is 5.00. The third-order valence-corrected chi connectivity index (χ3v) is 4.76. The van der Waals surface area contributed by atoms with E-state index in [2.05, 4.69) is 42.5 Å². The van der Waals surface area contributed by atoms with Gasteiger partial charge in [-0.3, -0.25) is 9.48 Å². The standard InChI is InChI=1S/C19H25N3O2/c1-12(2)14-8-7-13-5-4-6-17(16(13)9-14)21-19(24)18(23)15-10-20-22(3)11-15/h7-12,17-18,23H,4-6H2,1-3H3,(H,21,24)/t17-,18-/m1/s1. The molecule has 1 aliphatic rings. The van der Waals surface area contributed by atoms with E-state index in [0.717, 1.165) is 19.3 Å². The summed E-state index contributed by atoms with van der Waals surface area (Å²) in [6.45, 7) is 4.34. The minimum Gasteiger partial charge on any atom is -0.378 e. The fraction of sp³-hybridized carbons (Fsp3) is 0.474. The van der Waals surface area contributed by atoms with Crippen LogP contribution in [0.5, 0.6) is 0 Å². The number of aryl methyl sites for hydroxylation is 2. The number of benzene rings is 1. The smallest absolute Gasteiger partial charge is 0.254 e. The lowest BCUT2D eigenvalue weighted by atomic mass is 9.85. The second kappa shape index (κ2) is 6.77. The molecule has 0 aliphatic heterocycles. The lowest BCUT2D eigenvalue weighted by Crippen LogP contribution is -2.34. The van der Waals surface area contributed by atoms with E-state index in [4.69, 9.17) is 0 Å². The first-order valence-corrected chi connectivity index (χ1v) is 8.55. The Balaban J connectivity index is 1.79. The van der Waals surface area contributed by atoms with Crippen LogP contribution in [-0.2, 0) is 18.3 Å². The molecule has 1 aliphatic carbocycles. The van der Waals surface area contributed by atoms with E-state index in [0.29, 0.717) is 11.5 Å². The van der Waals surface area contributed by atoms with Gasteiger partial charge in [-0.1, -0.05) is 32.0 Å². The van der Waals surface area contributed by atoms with Gasteiger partial charge in [0, 0.05) is 18.8 Å². The highest BCUT2D eigenvalue weighted by molar-refractivity contribution is 5.82. The summed E-state index contributed by atoms with van der Waals surface area (Å²) in [6, 6.07) is 6.53. The predicted molar refractivity (Wildman–Crippen MR) is 92.5 cm³/mol. The quantitative estimate of drug-likeness (QED) is 0.907. The Hall–Kier alpha value is -2.14. The summed E-state index contributed by atoms with van der Waals surface area (Å²) in [7, 11) is 1.76. The normalized spacial score (nSPS) is 18.3. The molecule has 2 N–H and O–H groups in total. The largest absolute Gasteiger partial charge is 0.378 e. The molecule has 0 bridgehead atoms. The van der Waals surface area contributed by atoms with Crippen molar-refractivity contribution in [1.29, 1.82) is 0 Å². The Kier molecular flexibility index (Phi) is 4.71. The molecule has 1 heterocycles. The molecule has 1 aromatic carbocycles. The highest BCUT2D eigenvalue weighted by atomic mass is 16.3. The van der Waals surface area contributed by atoms with Crippen LogP contribution in [0, 0.1) is 0 Å². The van der Waals surface area contributed by atoms with Gasteiger partial charge in [0.15, 0.2) is 6.10 Å². The van der Waals surface area contributed by atoms with Crippen molar-refractivity contribution in [1.82, 2.24) is 15.1 Å². The van der Waals surface area contributed by atoms with E-state index in [1.54, 1.807) is 17.9 Å². The number of fused-ring (bicyclic) bond motifs is 1. The minimum atomic E-state index is -1.18. The molecule has 2 atom stereocenters. The van der Waals surface area contributed by atoms with Gasteiger partial charge < -0.3 is 10.4 Å². The third kappa shape index (κ3) is 3.36. The van der Waals surface area contributed by atoms with E-state index < -0.39 is 6.10 Å². The van der Waals surface area contributed by atoms with Crippen LogP contribution in [0.1, 0.15) is 67.0 Å². The Morgan fingerprint density at radius 3 is 2.83 bits per heavy atom. The molecule has 128 valence electrons. The fourth-order valence-corrected chi connectivity index (χ4v) is 3.31. The first-order chi connectivity index (χ1) is 11.5. The average molecular weight is 327 g/mol. The maximum Gasteiger partial charge on any atom is 0.254 e. The van der Waals surface area contributed by atoms with Gasteiger partial charge in [-0.15, -0.1) is 0 Å². The zero-order valence-corrected chi connectivity index (χ0v) is 14.5. The molecule has 0 fully saturated rings. The molecular weight excluding hydrogens is 302 g/mol. The molecule has 2 aromatic rings. The molecule has 0 unspecified atom stereocenters. The molecule has 0 radical (unpaired) electrons. The molecule has 5 nitrogen and oxygen atoms in total. The number of rotatable bonds is 4. The Labute approximate surface area is 142 Å². The van der Waals surface area contributed by atoms with Crippen molar-refractivity contribution in [3.63, 3.8) is 0 Å². The molecule has 0 saturated carbocycles. The molecular formula is C19H25N3O2. The van der Waals surface area contributed by atoms with Crippen molar-refractivity contribution < 1.29 is 9.90 Å². The van der Waals surface area contributed by atoms with Gasteiger partial charge >= 0.3 is 0 Å². The van der Waals surface area contributed by atoms with Crippen LogP contribution >= 0.6 is 0 Å². The maximum absolute atomic E-state index is 12.5. The minimum absolute atomic E-state index is 0.0359. The highest BCUT2D eigenvalue weighted by Gasteiger charge is 2.26. The van der Waals surface area contributed by atoms with Gasteiger partial charge in [0.25, 0.3) is 5.91 Å². The summed E-state index contributed by atoms with van der Waals surface area (Å²) in [5, 5.41) is 17.3. The van der Waals surface area contributed by atoms with Gasteiger partial charge in [-0.05, 0) is 41.9 Å². The number of hydrogen-bond donors (Lipinski definition) is 2. The van der Waals surface area contributed by atoms with E-state index in [1.807, 2.05) is 0 Å². The number of carbonyl (C=O) groups is 1. The van der Waals surface area contributed by atoms with Crippen molar-refractivity contribution in [2.75, 3.05) is 0 Å². The van der Waals surface area contributed by atoms with Crippen LogP contribution in [0.3, 0.4) is 0 Å². The Morgan fingerprint density at radius 2 is 2.17 bits per heavy atom. The molecule has 3 rings (SSSR count). The van der Waals surface area contributed by atoms with Gasteiger partial charge in [-0.25, -0.2) is 0 Å². The van der Waals surface area contributed by atoms with Crippen LogP contribution in [-0.4, -0.2) is 20.8 Å². The molecule has 0 spiro atoms. The van der Waals surface area contributed by atoms with Gasteiger partial charge in [0.1, 0.15) is 0 Å². The second-order valence-electron chi connectivity index (χ2n) is 6.92. The molecule has 5 heteroatoms. The topological polar surface area (TPSA) is 67.2 Å². The highest BCUT2D eigenvalue weighted by Crippen LogP contribution is 2.32. The third-order valence-electron chi connectivity index (χ3n) is 4.76. The van der Waals surface area contributed by atoms with Crippen molar-refractivity contribution in [3.05, 3.63) is 52.8 Å². The number of aliphatic hydroxyl groups excluding tert-OH is 1.